The first-order valence-corrected chi connectivity index (χ1v) is 7.29. The Labute approximate surface area is 103 Å². The van der Waals surface area contributed by atoms with E-state index in [9.17, 15) is 0 Å². The van der Waals surface area contributed by atoms with E-state index >= 15 is 0 Å². The molecule has 1 unspecified atom stereocenters. The highest BCUT2D eigenvalue weighted by molar-refractivity contribution is 5.04. The van der Waals surface area contributed by atoms with Gasteiger partial charge in [0.25, 0.3) is 0 Å². The zero-order chi connectivity index (χ0) is 12.2. The van der Waals surface area contributed by atoms with Gasteiger partial charge in [0, 0.05) is 5.54 Å². The molecule has 0 spiro atoms. The summed E-state index contributed by atoms with van der Waals surface area (Å²) in [6, 6.07) is 0. The van der Waals surface area contributed by atoms with Crippen molar-refractivity contribution in [1.29, 1.82) is 0 Å². The summed E-state index contributed by atoms with van der Waals surface area (Å²) in [6.45, 7) is 14.6. The van der Waals surface area contributed by atoms with Gasteiger partial charge in [0.1, 0.15) is 0 Å². The first-order chi connectivity index (χ1) is 7.54. The van der Waals surface area contributed by atoms with E-state index in [4.69, 9.17) is 0 Å². The van der Waals surface area contributed by atoms with Gasteiger partial charge in [-0.25, -0.2) is 0 Å². The molecule has 1 aliphatic heterocycles. The van der Waals surface area contributed by atoms with Gasteiger partial charge in [-0.05, 0) is 44.2 Å². The van der Waals surface area contributed by atoms with Crippen LogP contribution >= 0.6 is 0 Å². The van der Waals surface area contributed by atoms with Crippen LogP contribution in [0, 0.1) is 5.41 Å². The third-order valence-electron chi connectivity index (χ3n) is 4.80. The summed E-state index contributed by atoms with van der Waals surface area (Å²) >= 11 is 0. The lowest BCUT2D eigenvalue weighted by molar-refractivity contribution is 0.00353. The molecule has 0 aromatic carbocycles. The predicted molar refractivity (Wildman–Crippen MR) is 72.8 cm³/mol. The van der Waals surface area contributed by atoms with E-state index in [2.05, 4.69) is 39.5 Å². The van der Waals surface area contributed by atoms with Crippen LogP contribution in [0.25, 0.3) is 0 Å². The monoisotopic (exact) mass is 225 g/mol. The Bertz CT molecular complexity index is 209. The van der Waals surface area contributed by atoms with E-state index in [1.165, 1.54) is 51.6 Å². The van der Waals surface area contributed by atoms with Crippen LogP contribution in [0.5, 0.6) is 0 Å². The van der Waals surface area contributed by atoms with Gasteiger partial charge in [-0.2, -0.15) is 0 Å². The molecule has 0 radical (unpaired) electrons. The fourth-order valence-corrected chi connectivity index (χ4v) is 4.05. The maximum Gasteiger partial charge on any atom is 0.0260 e. The van der Waals surface area contributed by atoms with Gasteiger partial charge in [0.2, 0.25) is 0 Å². The summed E-state index contributed by atoms with van der Waals surface area (Å²) in [5.74, 6) is 0. The Kier molecular flexibility index (Phi) is 4.85. The van der Waals surface area contributed by atoms with Crippen molar-refractivity contribution >= 4 is 0 Å². The minimum Gasteiger partial charge on any atom is -0.297 e. The standard InChI is InChI=1S/C15H31N/c1-6-10-14(4,5)15(11-7-2)12-9-13-16(15)8-3/h6-13H2,1-5H3. The molecular weight excluding hydrogens is 194 g/mol. The minimum atomic E-state index is 0.476. The fraction of sp³-hybridized carbons (Fsp3) is 1.00. The third kappa shape index (κ3) is 2.30. The Morgan fingerprint density at radius 2 is 1.81 bits per heavy atom. The molecule has 0 aromatic heterocycles. The van der Waals surface area contributed by atoms with Crippen molar-refractivity contribution < 1.29 is 0 Å². The van der Waals surface area contributed by atoms with Crippen molar-refractivity contribution in [3.05, 3.63) is 0 Å². The van der Waals surface area contributed by atoms with Gasteiger partial charge in [-0.1, -0.05) is 47.5 Å². The Morgan fingerprint density at radius 1 is 1.12 bits per heavy atom. The predicted octanol–water partition coefficient (Wildman–Crippen LogP) is 4.47. The summed E-state index contributed by atoms with van der Waals surface area (Å²) < 4.78 is 0. The van der Waals surface area contributed by atoms with Crippen LogP contribution in [0.3, 0.4) is 0 Å². The highest BCUT2D eigenvalue weighted by Crippen LogP contribution is 2.49. The van der Waals surface area contributed by atoms with Crippen molar-refractivity contribution in [3.8, 4) is 0 Å². The Balaban J connectivity index is 2.94. The molecule has 1 saturated heterocycles. The molecule has 1 aliphatic rings. The van der Waals surface area contributed by atoms with Gasteiger partial charge in [0.05, 0.1) is 0 Å². The lowest BCUT2D eigenvalue weighted by atomic mass is 9.65. The summed E-state index contributed by atoms with van der Waals surface area (Å²) in [5.41, 5.74) is 0.969. The van der Waals surface area contributed by atoms with Crippen LogP contribution in [0.2, 0.25) is 0 Å². The molecule has 0 aliphatic carbocycles. The highest BCUT2D eigenvalue weighted by Gasteiger charge is 2.49. The SMILES string of the molecule is CCCC(C)(C)C1(CCC)CCCN1CC. The number of rotatable bonds is 6. The summed E-state index contributed by atoms with van der Waals surface area (Å²) in [5, 5.41) is 0. The van der Waals surface area contributed by atoms with E-state index in [0.717, 1.165) is 0 Å². The largest absolute Gasteiger partial charge is 0.297 e. The summed E-state index contributed by atoms with van der Waals surface area (Å²) in [4.78, 5) is 2.77. The molecule has 16 heavy (non-hydrogen) atoms. The highest BCUT2D eigenvalue weighted by atomic mass is 15.2. The van der Waals surface area contributed by atoms with E-state index < -0.39 is 0 Å². The molecule has 0 aromatic rings. The maximum absolute atomic E-state index is 2.77. The number of hydrogen-bond donors (Lipinski definition) is 0. The average molecular weight is 225 g/mol. The maximum atomic E-state index is 2.77. The first-order valence-electron chi connectivity index (χ1n) is 7.29. The van der Waals surface area contributed by atoms with Crippen LogP contribution in [0.1, 0.15) is 73.1 Å². The van der Waals surface area contributed by atoms with Crippen LogP contribution < -0.4 is 0 Å². The van der Waals surface area contributed by atoms with Gasteiger partial charge in [-0.15, -0.1) is 0 Å². The molecule has 0 N–H and O–H groups in total. The van der Waals surface area contributed by atoms with Gasteiger partial charge >= 0.3 is 0 Å². The van der Waals surface area contributed by atoms with E-state index in [-0.39, 0.29) is 0 Å². The van der Waals surface area contributed by atoms with Crippen LogP contribution in [0.4, 0.5) is 0 Å². The molecular formula is C15H31N. The van der Waals surface area contributed by atoms with Crippen molar-refractivity contribution in [1.82, 2.24) is 4.90 Å². The van der Waals surface area contributed by atoms with E-state index in [0.29, 0.717) is 11.0 Å². The molecule has 1 heteroatoms. The van der Waals surface area contributed by atoms with Gasteiger partial charge in [0.15, 0.2) is 0 Å². The summed E-state index contributed by atoms with van der Waals surface area (Å²) in [7, 11) is 0. The summed E-state index contributed by atoms with van der Waals surface area (Å²) in [6.07, 6.45) is 8.21. The van der Waals surface area contributed by atoms with Crippen LogP contribution in [-0.4, -0.2) is 23.5 Å². The van der Waals surface area contributed by atoms with Gasteiger partial charge < -0.3 is 0 Å². The quantitative estimate of drug-likeness (QED) is 0.645. The van der Waals surface area contributed by atoms with Gasteiger partial charge in [-0.3, -0.25) is 4.90 Å². The second-order valence-corrected chi connectivity index (χ2v) is 6.10. The zero-order valence-electron chi connectivity index (χ0n) is 12.1. The minimum absolute atomic E-state index is 0.476. The van der Waals surface area contributed by atoms with Crippen molar-refractivity contribution in [2.24, 2.45) is 5.41 Å². The van der Waals surface area contributed by atoms with E-state index in [1.807, 2.05) is 0 Å². The molecule has 1 nitrogen and oxygen atoms in total. The molecule has 1 fully saturated rings. The third-order valence-corrected chi connectivity index (χ3v) is 4.80. The molecule has 96 valence electrons. The second-order valence-electron chi connectivity index (χ2n) is 6.10. The van der Waals surface area contributed by atoms with Crippen molar-refractivity contribution in [3.63, 3.8) is 0 Å². The molecule has 1 atom stereocenters. The average Bonchev–Trinajstić information content (AvgIpc) is 2.63. The smallest absolute Gasteiger partial charge is 0.0260 e. The lowest BCUT2D eigenvalue weighted by Crippen LogP contribution is -2.54. The molecule has 1 heterocycles. The number of hydrogen-bond acceptors (Lipinski definition) is 1. The van der Waals surface area contributed by atoms with E-state index in [1.54, 1.807) is 0 Å². The van der Waals surface area contributed by atoms with Crippen LogP contribution in [0.15, 0.2) is 0 Å². The topological polar surface area (TPSA) is 3.24 Å². The lowest BCUT2D eigenvalue weighted by Gasteiger charge is -2.50. The molecule has 1 rings (SSSR count). The number of likely N-dealkylation sites (tertiary alicyclic amines) is 1. The second kappa shape index (κ2) is 5.53. The first kappa shape index (κ1) is 14.0. The Morgan fingerprint density at radius 3 is 2.31 bits per heavy atom. The zero-order valence-corrected chi connectivity index (χ0v) is 12.1. The Hall–Kier alpha value is -0.0400. The number of nitrogens with zero attached hydrogens (tertiary/aromatic N) is 1. The molecule has 0 saturated carbocycles. The van der Waals surface area contributed by atoms with Crippen LogP contribution in [-0.2, 0) is 0 Å². The molecule has 0 bridgehead atoms. The van der Waals surface area contributed by atoms with Crippen molar-refractivity contribution in [2.75, 3.05) is 13.1 Å². The molecule has 0 amide bonds. The normalized spacial score (nSPS) is 27.6. The fourth-order valence-electron chi connectivity index (χ4n) is 4.05. The van der Waals surface area contributed by atoms with Crippen molar-refractivity contribution in [2.45, 2.75) is 78.7 Å².